The van der Waals surface area contributed by atoms with Gasteiger partial charge < -0.3 is 30.1 Å². The van der Waals surface area contributed by atoms with E-state index in [1.807, 2.05) is 6.07 Å². The molecule has 3 N–H and O–H groups in total. The zero-order valence-electron chi connectivity index (χ0n) is 13.3. The van der Waals surface area contributed by atoms with Crippen LogP contribution in [0.4, 0.5) is 10.5 Å². The molecule has 1 aromatic rings. The summed E-state index contributed by atoms with van der Waals surface area (Å²) >= 11 is 0. The van der Waals surface area contributed by atoms with Gasteiger partial charge in [-0.1, -0.05) is 0 Å². The number of amides is 3. The first-order valence-corrected chi connectivity index (χ1v) is 8.02. The van der Waals surface area contributed by atoms with Gasteiger partial charge in [-0.25, -0.2) is 4.79 Å². The Balaban J connectivity index is 1.59. The molecule has 2 aliphatic rings. The zero-order valence-corrected chi connectivity index (χ0v) is 13.3. The van der Waals surface area contributed by atoms with E-state index in [0.29, 0.717) is 44.2 Å². The van der Waals surface area contributed by atoms with Crippen LogP contribution < -0.4 is 25.0 Å². The molecule has 1 saturated heterocycles. The van der Waals surface area contributed by atoms with E-state index in [2.05, 4.69) is 10.6 Å². The lowest BCUT2D eigenvalue weighted by molar-refractivity contribution is -0.117. The molecule has 8 heteroatoms. The smallest absolute Gasteiger partial charge is 0.315 e. The molecule has 2 heterocycles. The van der Waals surface area contributed by atoms with E-state index in [4.69, 9.17) is 14.6 Å². The minimum Gasteiger partial charge on any atom is -0.486 e. The molecule has 0 aromatic heterocycles. The van der Waals surface area contributed by atoms with E-state index in [9.17, 15) is 9.59 Å². The van der Waals surface area contributed by atoms with Gasteiger partial charge in [0.15, 0.2) is 11.5 Å². The molecule has 8 nitrogen and oxygen atoms in total. The summed E-state index contributed by atoms with van der Waals surface area (Å²) in [5, 5.41) is 14.1. The van der Waals surface area contributed by atoms with Crippen LogP contribution in [0.3, 0.4) is 0 Å². The molecule has 0 spiro atoms. The van der Waals surface area contributed by atoms with Gasteiger partial charge in [-0.15, -0.1) is 0 Å². The van der Waals surface area contributed by atoms with Gasteiger partial charge in [0.2, 0.25) is 5.91 Å². The first-order valence-electron chi connectivity index (χ1n) is 8.02. The molecule has 3 amide bonds. The van der Waals surface area contributed by atoms with Crippen molar-refractivity contribution in [3.8, 4) is 11.5 Å². The van der Waals surface area contributed by atoms with E-state index < -0.39 is 0 Å². The lowest BCUT2D eigenvalue weighted by Gasteiger charge is -2.22. The van der Waals surface area contributed by atoms with Crippen LogP contribution >= 0.6 is 0 Å². The summed E-state index contributed by atoms with van der Waals surface area (Å²) in [6.07, 6.45) is 0.752. The number of ether oxygens (including phenoxy) is 2. The Morgan fingerprint density at radius 3 is 2.88 bits per heavy atom. The van der Waals surface area contributed by atoms with Crippen LogP contribution in [0.15, 0.2) is 18.2 Å². The largest absolute Gasteiger partial charge is 0.486 e. The summed E-state index contributed by atoms with van der Waals surface area (Å²) in [5.74, 6) is 1.26. The van der Waals surface area contributed by atoms with Gasteiger partial charge in [0.1, 0.15) is 13.2 Å². The molecule has 0 bridgehead atoms. The predicted octanol–water partition coefficient (Wildman–Crippen LogP) is 0.245. The fraction of sp³-hybridized carbons (Fsp3) is 0.500. The second-order valence-corrected chi connectivity index (χ2v) is 5.71. The third-order valence-corrected chi connectivity index (χ3v) is 3.92. The van der Waals surface area contributed by atoms with Crippen LogP contribution in [0.5, 0.6) is 11.5 Å². The Bertz CT molecular complexity index is 622. The van der Waals surface area contributed by atoms with Crippen molar-refractivity contribution >= 4 is 17.6 Å². The lowest BCUT2D eigenvalue weighted by atomic mass is 10.2. The number of nitrogens with one attached hydrogen (secondary N) is 2. The zero-order chi connectivity index (χ0) is 16.9. The van der Waals surface area contributed by atoms with Crippen molar-refractivity contribution < 1.29 is 24.2 Å². The third kappa shape index (κ3) is 3.70. The number of urea groups is 1. The van der Waals surface area contributed by atoms with Crippen molar-refractivity contribution in [2.45, 2.75) is 18.9 Å². The number of hydrogen-bond donors (Lipinski definition) is 3. The van der Waals surface area contributed by atoms with Crippen molar-refractivity contribution in [2.75, 3.05) is 37.8 Å². The average molecular weight is 335 g/mol. The van der Waals surface area contributed by atoms with Crippen molar-refractivity contribution in [3.63, 3.8) is 0 Å². The normalized spacial score (nSPS) is 19.3. The molecule has 0 aliphatic carbocycles. The van der Waals surface area contributed by atoms with Crippen LogP contribution in [-0.2, 0) is 4.79 Å². The van der Waals surface area contributed by atoms with Gasteiger partial charge in [0.05, 0.1) is 6.04 Å². The number of benzene rings is 1. The minimum absolute atomic E-state index is 0.0279. The molecule has 0 radical (unpaired) electrons. The Morgan fingerprint density at radius 1 is 1.29 bits per heavy atom. The Kier molecular flexibility index (Phi) is 5.05. The minimum atomic E-state index is -0.328. The molecule has 1 aromatic carbocycles. The number of carbonyl (C=O) groups excluding carboxylic acids is 2. The number of aliphatic hydroxyl groups is 1. The average Bonchev–Trinajstić information content (AvgIpc) is 2.95. The maximum absolute atomic E-state index is 12.2. The second kappa shape index (κ2) is 7.39. The summed E-state index contributed by atoms with van der Waals surface area (Å²) in [7, 11) is 0. The highest BCUT2D eigenvalue weighted by Gasteiger charge is 2.32. The molecule has 3 rings (SSSR count). The number of fused-ring (bicyclic) bond motifs is 1. The summed E-state index contributed by atoms with van der Waals surface area (Å²) in [6.45, 7) is 1.84. The SMILES string of the molecule is O=C(NCCCO)N[C@H]1CC(=O)N(c2ccc3c(c2)OCCO3)C1. The first kappa shape index (κ1) is 16.4. The molecule has 24 heavy (non-hydrogen) atoms. The summed E-state index contributed by atoms with van der Waals surface area (Å²) in [4.78, 5) is 25.6. The fourth-order valence-electron chi connectivity index (χ4n) is 2.77. The molecular weight excluding hydrogens is 314 g/mol. The van der Waals surface area contributed by atoms with Crippen molar-refractivity contribution in [1.29, 1.82) is 0 Å². The summed E-state index contributed by atoms with van der Waals surface area (Å²) in [5.41, 5.74) is 0.731. The highest BCUT2D eigenvalue weighted by atomic mass is 16.6. The van der Waals surface area contributed by atoms with Gasteiger partial charge in [-0.2, -0.15) is 0 Å². The topological polar surface area (TPSA) is 100 Å². The van der Waals surface area contributed by atoms with E-state index in [0.717, 1.165) is 5.69 Å². The van der Waals surface area contributed by atoms with Crippen molar-refractivity contribution in [2.24, 2.45) is 0 Å². The molecule has 0 unspecified atom stereocenters. The maximum Gasteiger partial charge on any atom is 0.315 e. The second-order valence-electron chi connectivity index (χ2n) is 5.71. The van der Waals surface area contributed by atoms with E-state index in [1.165, 1.54) is 0 Å². The van der Waals surface area contributed by atoms with E-state index >= 15 is 0 Å². The highest BCUT2D eigenvalue weighted by molar-refractivity contribution is 5.97. The van der Waals surface area contributed by atoms with E-state index in [1.54, 1.807) is 17.0 Å². The summed E-state index contributed by atoms with van der Waals surface area (Å²) < 4.78 is 11.0. The molecular formula is C16H21N3O5. The number of rotatable bonds is 5. The fourth-order valence-corrected chi connectivity index (χ4v) is 2.77. The van der Waals surface area contributed by atoms with Crippen LogP contribution in [-0.4, -0.2) is 56.0 Å². The number of hydrogen-bond acceptors (Lipinski definition) is 5. The van der Waals surface area contributed by atoms with Crippen LogP contribution in [0.25, 0.3) is 0 Å². The molecule has 1 fully saturated rings. The number of nitrogens with zero attached hydrogens (tertiary/aromatic N) is 1. The van der Waals surface area contributed by atoms with Crippen molar-refractivity contribution in [3.05, 3.63) is 18.2 Å². The maximum atomic E-state index is 12.2. The molecule has 1 atom stereocenters. The first-order chi connectivity index (χ1) is 11.7. The van der Waals surface area contributed by atoms with Crippen LogP contribution in [0.2, 0.25) is 0 Å². The van der Waals surface area contributed by atoms with Crippen LogP contribution in [0, 0.1) is 0 Å². The Morgan fingerprint density at radius 2 is 2.08 bits per heavy atom. The Hall–Kier alpha value is -2.48. The van der Waals surface area contributed by atoms with Gasteiger partial charge in [-0.3, -0.25) is 4.79 Å². The number of carbonyl (C=O) groups is 2. The number of anilines is 1. The van der Waals surface area contributed by atoms with Gasteiger partial charge in [-0.05, 0) is 18.6 Å². The van der Waals surface area contributed by atoms with Gasteiger partial charge in [0.25, 0.3) is 0 Å². The molecule has 0 saturated carbocycles. The molecule has 2 aliphatic heterocycles. The highest BCUT2D eigenvalue weighted by Crippen LogP contribution is 2.35. The number of aliphatic hydroxyl groups excluding tert-OH is 1. The molecule has 130 valence electrons. The van der Waals surface area contributed by atoms with E-state index in [-0.39, 0.29) is 31.0 Å². The van der Waals surface area contributed by atoms with Gasteiger partial charge in [0, 0.05) is 37.9 Å². The van der Waals surface area contributed by atoms with Crippen molar-refractivity contribution in [1.82, 2.24) is 10.6 Å². The third-order valence-electron chi connectivity index (χ3n) is 3.92. The predicted molar refractivity (Wildman–Crippen MR) is 86.4 cm³/mol. The standard InChI is InChI=1S/C16H21N3O5/c20-5-1-4-17-16(22)18-11-8-15(21)19(10-11)12-2-3-13-14(9-12)24-7-6-23-13/h2-3,9,11,20H,1,4-8,10H2,(H2,17,18,22)/t11-/m0/s1. The summed E-state index contributed by atoms with van der Waals surface area (Å²) in [6, 6.07) is 4.81. The monoisotopic (exact) mass is 335 g/mol. The lowest BCUT2D eigenvalue weighted by Crippen LogP contribution is -2.43. The quantitative estimate of drug-likeness (QED) is 0.670. The van der Waals surface area contributed by atoms with Gasteiger partial charge >= 0.3 is 6.03 Å². The van der Waals surface area contributed by atoms with Crippen LogP contribution in [0.1, 0.15) is 12.8 Å². The Labute approximate surface area is 139 Å².